The number of nitrogens with zero attached hydrogens (tertiary/aromatic N) is 2. The molecule has 2 heterocycles. The second-order valence-corrected chi connectivity index (χ2v) is 4.31. The van der Waals surface area contributed by atoms with Crippen molar-refractivity contribution < 1.29 is 4.74 Å². The van der Waals surface area contributed by atoms with Crippen LogP contribution in [0.1, 0.15) is 5.69 Å². The lowest BCUT2D eigenvalue weighted by Gasteiger charge is -2.08. The molecular formula is C15H13N3O. The van der Waals surface area contributed by atoms with Crippen LogP contribution in [-0.2, 0) is 0 Å². The van der Waals surface area contributed by atoms with Crippen molar-refractivity contribution in [2.45, 2.75) is 6.92 Å². The summed E-state index contributed by atoms with van der Waals surface area (Å²) in [6.07, 6.45) is 1.62. The monoisotopic (exact) mass is 251 g/mol. The zero-order chi connectivity index (χ0) is 13.2. The molecule has 0 bridgehead atoms. The fourth-order valence-electron chi connectivity index (χ4n) is 1.89. The van der Waals surface area contributed by atoms with Crippen LogP contribution in [0.15, 0.2) is 48.7 Å². The first-order valence-electron chi connectivity index (χ1n) is 5.98. The summed E-state index contributed by atoms with van der Waals surface area (Å²) in [6.45, 7) is 1.95. The van der Waals surface area contributed by atoms with Gasteiger partial charge in [0, 0.05) is 29.0 Å². The van der Waals surface area contributed by atoms with Crippen molar-refractivity contribution in [3.8, 4) is 11.6 Å². The molecule has 0 fully saturated rings. The summed E-state index contributed by atoms with van der Waals surface area (Å²) in [5, 5.41) is 1.03. The fourth-order valence-corrected chi connectivity index (χ4v) is 1.89. The molecule has 4 heteroatoms. The molecule has 1 aromatic carbocycles. The number of aryl methyl sites for hydroxylation is 1. The minimum Gasteiger partial charge on any atom is -0.437 e. The van der Waals surface area contributed by atoms with Crippen LogP contribution in [0.25, 0.3) is 10.9 Å². The number of hydrogen-bond donors (Lipinski definition) is 1. The van der Waals surface area contributed by atoms with Gasteiger partial charge in [-0.05, 0) is 25.1 Å². The van der Waals surface area contributed by atoms with Crippen LogP contribution in [0.4, 0.5) is 5.69 Å². The van der Waals surface area contributed by atoms with Gasteiger partial charge in [0.1, 0.15) is 5.52 Å². The number of rotatable bonds is 2. The molecule has 0 aliphatic heterocycles. The van der Waals surface area contributed by atoms with E-state index in [1.807, 2.05) is 37.3 Å². The summed E-state index contributed by atoms with van der Waals surface area (Å²) in [7, 11) is 0. The van der Waals surface area contributed by atoms with Gasteiger partial charge in [0.15, 0.2) is 5.75 Å². The molecule has 0 amide bonds. The summed E-state index contributed by atoms with van der Waals surface area (Å²) in [5.74, 6) is 1.15. The number of ether oxygens (including phenoxy) is 1. The number of benzene rings is 1. The molecule has 2 aromatic heterocycles. The Labute approximate surface area is 110 Å². The molecule has 0 spiro atoms. The molecule has 94 valence electrons. The third-order valence-electron chi connectivity index (χ3n) is 2.80. The second kappa shape index (κ2) is 4.57. The highest BCUT2D eigenvalue weighted by atomic mass is 16.5. The number of para-hydroxylation sites is 1. The molecule has 3 rings (SSSR count). The Kier molecular flexibility index (Phi) is 2.76. The zero-order valence-electron chi connectivity index (χ0n) is 10.5. The van der Waals surface area contributed by atoms with Crippen molar-refractivity contribution in [2.75, 3.05) is 5.73 Å². The number of hydrogen-bond acceptors (Lipinski definition) is 4. The maximum Gasteiger partial charge on any atom is 0.221 e. The lowest BCUT2D eigenvalue weighted by atomic mass is 10.2. The van der Waals surface area contributed by atoms with Gasteiger partial charge in [0.2, 0.25) is 5.88 Å². The maximum atomic E-state index is 5.77. The van der Waals surface area contributed by atoms with Gasteiger partial charge < -0.3 is 10.5 Å². The molecule has 19 heavy (non-hydrogen) atoms. The number of fused-ring (bicyclic) bond motifs is 1. The van der Waals surface area contributed by atoms with Crippen LogP contribution < -0.4 is 10.5 Å². The molecule has 2 N–H and O–H groups in total. The third-order valence-corrected chi connectivity index (χ3v) is 2.80. The van der Waals surface area contributed by atoms with Crippen molar-refractivity contribution in [1.82, 2.24) is 9.97 Å². The van der Waals surface area contributed by atoms with E-state index in [-0.39, 0.29) is 0 Å². The van der Waals surface area contributed by atoms with Crippen LogP contribution in [0.2, 0.25) is 0 Å². The summed E-state index contributed by atoms with van der Waals surface area (Å²) < 4.78 is 5.77. The standard InChI is InChI=1S/C15H13N3O/c1-10-5-6-11-3-2-4-13(15(11)18-10)19-14-9-12(16)7-8-17-14/h2-9H,1H3,(H2,16,17). The number of nitrogens with two attached hydrogens (primary N) is 1. The van der Waals surface area contributed by atoms with E-state index in [2.05, 4.69) is 9.97 Å². The van der Waals surface area contributed by atoms with E-state index >= 15 is 0 Å². The van der Waals surface area contributed by atoms with Gasteiger partial charge in [-0.1, -0.05) is 18.2 Å². The van der Waals surface area contributed by atoms with Gasteiger partial charge in [-0.25, -0.2) is 9.97 Å². The lowest BCUT2D eigenvalue weighted by Crippen LogP contribution is -1.93. The summed E-state index contributed by atoms with van der Waals surface area (Å²) in [5.41, 5.74) is 8.11. The smallest absolute Gasteiger partial charge is 0.221 e. The van der Waals surface area contributed by atoms with Gasteiger partial charge in [-0.2, -0.15) is 0 Å². The van der Waals surface area contributed by atoms with E-state index in [0.717, 1.165) is 16.6 Å². The Hall–Kier alpha value is -2.62. The Morgan fingerprint density at radius 1 is 1.11 bits per heavy atom. The predicted octanol–water partition coefficient (Wildman–Crippen LogP) is 3.31. The van der Waals surface area contributed by atoms with Crippen LogP contribution >= 0.6 is 0 Å². The number of nitrogen functional groups attached to an aromatic ring is 1. The van der Waals surface area contributed by atoms with Crippen LogP contribution in [0.5, 0.6) is 11.6 Å². The normalized spacial score (nSPS) is 10.6. The van der Waals surface area contributed by atoms with Crippen molar-refractivity contribution in [2.24, 2.45) is 0 Å². The molecule has 0 radical (unpaired) electrons. The quantitative estimate of drug-likeness (QED) is 0.759. The Balaban J connectivity index is 2.07. The minimum absolute atomic E-state index is 0.468. The molecule has 0 atom stereocenters. The van der Waals surface area contributed by atoms with E-state index in [1.54, 1.807) is 18.3 Å². The van der Waals surface area contributed by atoms with Gasteiger partial charge in [-0.3, -0.25) is 0 Å². The van der Waals surface area contributed by atoms with Crippen molar-refractivity contribution >= 4 is 16.6 Å². The van der Waals surface area contributed by atoms with Crippen LogP contribution in [-0.4, -0.2) is 9.97 Å². The second-order valence-electron chi connectivity index (χ2n) is 4.31. The predicted molar refractivity (Wildman–Crippen MR) is 75.2 cm³/mol. The van der Waals surface area contributed by atoms with E-state index < -0.39 is 0 Å². The lowest BCUT2D eigenvalue weighted by molar-refractivity contribution is 0.467. The molecular weight excluding hydrogens is 238 g/mol. The Morgan fingerprint density at radius 2 is 2.00 bits per heavy atom. The maximum absolute atomic E-state index is 5.77. The first-order chi connectivity index (χ1) is 9.22. The van der Waals surface area contributed by atoms with Crippen LogP contribution in [0, 0.1) is 6.92 Å². The summed E-state index contributed by atoms with van der Waals surface area (Å²) in [4.78, 5) is 8.64. The van der Waals surface area contributed by atoms with Crippen LogP contribution in [0.3, 0.4) is 0 Å². The van der Waals surface area contributed by atoms with Crippen molar-refractivity contribution in [1.29, 1.82) is 0 Å². The summed E-state index contributed by atoms with van der Waals surface area (Å²) in [6, 6.07) is 13.2. The molecule has 0 aliphatic carbocycles. The largest absolute Gasteiger partial charge is 0.437 e. The highest BCUT2D eigenvalue weighted by molar-refractivity contribution is 5.84. The number of aromatic nitrogens is 2. The molecule has 0 aliphatic rings. The SMILES string of the molecule is Cc1ccc2cccc(Oc3cc(N)ccn3)c2n1. The number of anilines is 1. The molecule has 4 nitrogen and oxygen atoms in total. The average Bonchev–Trinajstić information content (AvgIpc) is 2.39. The molecule has 0 saturated carbocycles. The molecule has 0 unspecified atom stereocenters. The first-order valence-corrected chi connectivity index (χ1v) is 5.98. The summed E-state index contributed by atoms with van der Waals surface area (Å²) >= 11 is 0. The Morgan fingerprint density at radius 3 is 2.84 bits per heavy atom. The number of pyridine rings is 2. The van der Waals surface area contributed by atoms with E-state index in [1.165, 1.54) is 0 Å². The topological polar surface area (TPSA) is 61.0 Å². The highest BCUT2D eigenvalue weighted by Crippen LogP contribution is 2.28. The fraction of sp³-hybridized carbons (Fsp3) is 0.0667. The Bertz CT molecular complexity index is 740. The first kappa shape index (κ1) is 11.5. The molecule has 3 aromatic rings. The third kappa shape index (κ3) is 2.33. The van der Waals surface area contributed by atoms with Gasteiger partial charge >= 0.3 is 0 Å². The van der Waals surface area contributed by atoms with E-state index in [4.69, 9.17) is 10.5 Å². The van der Waals surface area contributed by atoms with Gasteiger partial charge in [0.25, 0.3) is 0 Å². The van der Waals surface area contributed by atoms with Crippen molar-refractivity contribution in [3.05, 3.63) is 54.4 Å². The minimum atomic E-state index is 0.468. The zero-order valence-corrected chi connectivity index (χ0v) is 10.5. The van der Waals surface area contributed by atoms with E-state index in [0.29, 0.717) is 17.3 Å². The molecule has 0 saturated heterocycles. The highest BCUT2D eigenvalue weighted by Gasteiger charge is 2.06. The van der Waals surface area contributed by atoms with E-state index in [9.17, 15) is 0 Å². The van der Waals surface area contributed by atoms with Gasteiger partial charge in [-0.15, -0.1) is 0 Å². The average molecular weight is 251 g/mol. The van der Waals surface area contributed by atoms with Crippen molar-refractivity contribution in [3.63, 3.8) is 0 Å². The van der Waals surface area contributed by atoms with Gasteiger partial charge in [0.05, 0.1) is 0 Å².